The lowest BCUT2D eigenvalue weighted by atomic mass is 10.1. The molecule has 11 heavy (non-hydrogen) atoms. The molecule has 0 atom stereocenters. The highest BCUT2D eigenvalue weighted by molar-refractivity contribution is 6.17. The number of alkyl halides is 1. The third-order valence-corrected chi connectivity index (χ3v) is 2.02. The molecule has 0 saturated carbocycles. The molecule has 0 aliphatic heterocycles. The largest absolute Gasteiger partial charge is 0.464 e. The van der Waals surface area contributed by atoms with Crippen molar-refractivity contribution in [3.05, 3.63) is 36.1 Å². The Hall–Kier alpha value is -0.950. The van der Waals surface area contributed by atoms with Crippen molar-refractivity contribution < 1.29 is 4.42 Å². The zero-order chi connectivity index (χ0) is 7.68. The lowest BCUT2D eigenvalue weighted by Crippen LogP contribution is -1.76. The number of hydrogen-bond acceptors (Lipinski definition) is 1. The molecule has 0 spiro atoms. The standard InChI is InChI=1S/C9H7ClO/c10-6-7-2-1-3-9-8(7)4-5-11-9/h1-5H,6H2. The molecule has 0 unspecified atom stereocenters. The summed E-state index contributed by atoms with van der Waals surface area (Å²) in [6.45, 7) is 0. The highest BCUT2D eigenvalue weighted by Gasteiger charge is 1.99. The molecule has 1 aromatic carbocycles. The van der Waals surface area contributed by atoms with Gasteiger partial charge in [0, 0.05) is 11.3 Å². The molecule has 2 rings (SSSR count). The summed E-state index contributed by atoms with van der Waals surface area (Å²) in [5.41, 5.74) is 2.03. The molecule has 0 fully saturated rings. The summed E-state index contributed by atoms with van der Waals surface area (Å²) in [6.07, 6.45) is 1.68. The first-order chi connectivity index (χ1) is 5.42. The summed E-state index contributed by atoms with van der Waals surface area (Å²) in [5.74, 6) is 0.539. The van der Waals surface area contributed by atoms with Crippen LogP contribution in [0.25, 0.3) is 11.0 Å². The number of halogens is 1. The Balaban J connectivity index is 2.79. The molecular formula is C9H7ClO. The molecule has 0 saturated heterocycles. The predicted molar refractivity (Wildman–Crippen MR) is 45.8 cm³/mol. The van der Waals surface area contributed by atoms with Crippen LogP contribution in [-0.4, -0.2) is 0 Å². The quantitative estimate of drug-likeness (QED) is 0.593. The second kappa shape index (κ2) is 2.59. The lowest BCUT2D eigenvalue weighted by molar-refractivity contribution is 0.616. The fraction of sp³-hybridized carbons (Fsp3) is 0.111. The molecule has 0 N–H and O–H groups in total. The van der Waals surface area contributed by atoms with Crippen LogP contribution in [-0.2, 0) is 5.88 Å². The predicted octanol–water partition coefficient (Wildman–Crippen LogP) is 3.17. The smallest absolute Gasteiger partial charge is 0.134 e. The summed E-state index contributed by atoms with van der Waals surface area (Å²) in [4.78, 5) is 0. The van der Waals surface area contributed by atoms with Crippen molar-refractivity contribution in [3.63, 3.8) is 0 Å². The average molecular weight is 167 g/mol. The van der Waals surface area contributed by atoms with Crippen LogP contribution in [0.1, 0.15) is 5.56 Å². The Morgan fingerprint density at radius 2 is 2.18 bits per heavy atom. The number of benzene rings is 1. The maximum atomic E-state index is 5.72. The van der Waals surface area contributed by atoms with Crippen LogP contribution in [0.4, 0.5) is 0 Å². The summed E-state index contributed by atoms with van der Waals surface area (Å²) in [7, 11) is 0. The van der Waals surface area contributed by atoms with E-state index in [2.05, 4.69) is 0 Å². The second-order valence-corrected chi connectivity index (χ2v) is 2.65. The van der Waals surface area contributed by atoms with Crippen molar-refractivity contribution in [3.8, 4) is 0 Å². The first-order valence-electron chi connectivity index (χ1n) is 3.43. The monoisotopic (exact) mass is 166 g/mol. The molecular weight excluding hydrogens is 160 g/mol. The van der Waals surface area contributed by atoms with Crippen molar-refractivity contribution in [2.75, 3.05) is 0 Å². The summed E-state index contributed by atoms with van der Waals surface area (Å²) < 4.78 is 5.20. The molecule has 1 heterocycles. The van der Waals surface area contributed by atoms with Gasteiger partial charge in [0.05, 0.1) is 6.26 Å². The zero-order valence-electron chi connectivity index (χ0n) is 5.88. The van der Waals surface area contributed by atoms with Crippen LogP contribution in [0.2, 0.25) is 0 Å². The Bertz CT molecular complexity index is 364. The zero-order valence-corrected chi connectivity index (χ0v) is 6.64. The normalized spacial score (nSPS) is 10.6. The van der Waals surface area contributed by atoms with Gasteiger partial charge in [-0.15, -0.1) is 11.6 Å². The van der Waals surface area contributed by atoms with E-state index in [1.54, 1.807) is 6.26 Å². The van der Waals surface area contributed by atoms with Crippen LogP contribution < -0.4 is 0 Å². The number of fused-ring (bicyclic) bond motifs is 1. The fourth-order valence-electron chi connectivity index (χ4n) is 1.17. The van der Waals surface area contributed by atoms with E-state index in [-0.39, 0.29) is 0 Å². The van der Waals surface area contributed by atoms with Gasteiger partial charge in [0.2, 0.25) is 0 Å². The molecule has 56 valence electrons. The Morgan fingerprint density at radius 1 is 1.27 bits per heavy atom. The number of hydrogen-bond donors (Lipinski definition) is 0. The first-order valence-corrected chi connectivity index (χ1v) is 3.96. The third kappa shape index (κ3) is 1.02. The van der Waals surface area contributed by atoms with E-state index in [0.29, 0.717) is 5.88 Å². The lowest BCUT2D eigenvalue weighted by Gasteiger charge is -1.94. The average Bonchev–Trinajstić information content (AvgIpc) is 2.50. The van der Waals surface area contributed by atoms with Crippen molar-refractivity contribution in [2.24, 2.45) is 0 Å². The summed E-state index contributed by atoms with van der Waals surface area (Å²) >= 11 is 5.72. The second-order valence-electron chi connectivity index (χ2n) is 2.38. The van der Waals surface area contributed by atoms with Crippen LogP contribution in [0, 0.1) is 0 Å². The van der Waals surface area contributed by atoms with Gasteiger partial charge in [0.25, 0.3) is 0 Å². The minimum Gasteiger partial charge on any atom is -0.464 e. The van der Waals surface area contributed by atoms with Crippen LogP contribution in [0.15, 0.2) is 34.9 Å². The topological polar surface area (TPSA) is 13.1 Å². The van der Waals surface area contributed by atoms with Crippen molar-refractivity contribution >= 4 is 22.6 Å². The van der Waals surface area contributed by atoms with Gasteiger partial charge in [-0.05, 0) is 17.7 Å². The SMILES string of the molecule is ClCc1cccc2occc12. The van der Waals surface area contributed by atoms with Crippen LogP contribution in [0.3, 0.4) is 0 Å². The first kappa shape index (κ1) is 6.74. The Kier molecular flexibility index (Phi) is 1.59. The number of furan rings is 1. The van der Waals surface area contributed by atoms with E-state index < -0.39 is 0 Å². The molecule has 2 heteroatoms. The van der Waals surface area contributed by atoms with E-state index in [1.807, 2.05) is 24.3 Å². The molecule has 2 aromatic rings. The summed E-state index contributed by atoms with van der Waals surface area (Å²) in [5, 5.41) is 1.11. The molecule has 0 bridgehead atoms. The highest BCUT2D eigenvalue weighted by atomic mass is 35.5. The van der Waals surface area contributed by atoms with E-state index in [0.717, 1.165) is 16.5 Å². The van der Waals surface area contributed by atoms with Gasteiger partial charge >= 0.3 is 0 Å². The van der Waals surface area contributed by atoms with Crippen molar-refractivity contribution in [1.29, 1.82) is 0 Å². The number of rotatable bonds is 1. The van der Waals surface area contributed by atoms with Gasteiger partial charge in [-0.1, -0.05) is 12.1 Å². The minimum absolute atomic E-state index is 0.539. The van der Waals surface area contributed by atoms with E-state index >= 15 is 0 Å². The molecule has 0 amide bonds. The van der Waals surface area contributed by atoms with Gasteiger partial charge in [0.15, 0.2) is 0 Å². The van der Waals surface area contributed by atoms with Gasteiger partial charge in [-0.3, -0.25) is 0 Å². The maximum Gasteiger partial charge on any atom is 0.134 e. The van der Waals surface area contributed by atoms with Crippen molar-refractivity contribution in [2.45, 2.75) is 5.88 Å². The third-order valence-electron chi connectivity index (χ3n) is 1.73. The van der Waals surface area contributed by atoms with Crippen molar-refractivity contribution in [1.82, 2.24) is 0 Å². The Morgan fingerprint density at radius 3 is 3.00 bits per heavy atom. The van der Waals surface area contributed by atoms with Gasteiger partial charge in [-0.2, -0.15) is 0 Å². The van der Waals surface area contributed by atoms with Gasteiger partial charge in [0.1, 0.15) is 5.58 Å². The van der Waals surface area contributed by atoms with E-state index in [1.165, 1.54) is 0 Å². The fourth-order valence-corrected chi connectivity index (χ4v) is 1.41. The highest BCUT2D eigenvalue weighted by Crippen LogP contribution is 2.20. The van der Waals surface area contributed by atoms with Gasteiger partial charge in [-0.25, -0.2) is 0 Å². The Labute approximate surface area is 69.6 Å². The van der Waals surface area contributed by atoms with Crippen LogP contribution in [0.5, 0.6) is 0 Å². The molecule has 1 aromatic heterocycles. The minimum atomic E-state index is 0.539. The maximum absolute atomic E-state index is 5.72. The van der Waals surface area contributed by atoms with E-state index in [4.69, 9.17) is 16.0 Å². The molecule has 0 radical (unpaired) electrons. The molecule has 1 nitrogen and oxygen atoms in total. The van der Waals surface area contributed by atoms with E-state index in [9.17, 15) is 0 Å². The van der Waals surface area contributed by atoms with Crippen LogP contribution >= 0.6 is 11.6 Å². The molecule has 0 aliphatic rings. The van der Waals surface area contributed by atoms with Gasteiger partial charge < -0.3 is 4.42 Å². The molecule has 0 aliphatic carbocycles. The summed E-state index contributed by atoms with van der Waals surface area (Å²) in [6, 6.07) is 7.83.